The number of carbonyl (C=O) groups is 2. The summed E-state index contributed by atoms with van der Waals surface area (Å²) in [5.74, 6) is -2.06. The molecular formula is C35H37F2NO7. The van der Waals surface area contributed by atoms with Gasteiger partial charge in [0.25, 0.3) is 0 Å². The lowest BCUT2D eigenvalue weighted by Crippen LogP contribution is -2.70. The minimum Gasteiger partial charge on any atom is -0.489 e. The van der Waals surface area contributed by atoms with Crippen molar-refractivity contribution in [2.24, 2.45) is 22.7 Å². The predicted octanol–water partition coefficient (Wildman–Crippen LogP) is 4.49. The van der Waals surface area contributed by atoms with Crippen molar-refractivity contribution in [3.63, 3.8) is 0 Å². The smallest absolute Gasteiger partial charge is 0.193 e. The number of ketones is 2. The van der Waals surface area contributed by atoms with Crippen molar-refractivity contribution in [2.45, 2.75) is 75.7 Å². The van der Waals surface area contributed by atoms with Crippen molar-refractivity contribution in [3.05, 3.63) is 83.5 Å². The number of ether oxygens (including phenoxy) is 3. The zero-order valence-corrected chi connectivity index (χ0v) is 25.1. The lowest BCUT2D eigenvalue weighted by atomic mass is 9.44. The second-order valence-corrected chi connectivity index (χ2v) is 13.6. The van der Waals surface area contributed by atoms with Gasteiger partial charge < -0.3 is 30.2 Å². The van der Waals surface area contributed by atoms with Gasteiger partial charge in [-0.3, -0.25) is 9.59 Å². The Bertz CT molecular complexity index is 1610. The van der Waals surface area contributed by atoms with Gasteiger partial charge in [-0.05, 0) is 79.7 Å². The summed E-state index contributed by atoms with van der Waals surface area (Å²) in [5.41, 5.74) is 1.33. The maximum absolute atomic E-state index is 17.5. The highest BCUT2D eigenvalue weighted by Crippen LogP contribution is 2.72. The van der Waals surface area contributed by atoms with E-state index in [4.69, 9.17) is 19.9 Å². The summed E-state index contributed by atoms with van der Waals surface area (Å²) >= 11 is 0. The quantitative estimate of drug-likeness (QED) is 0.403. The number of hydrogen-bond acceptors (Lipinski definition) is 8. The Balaban J connectivity index is 1.18. The molecule has 0 radical (unpaired) electrons. The zero-order valence-electron chi connectivity index (χ0n) is 25.1. The van der Waals surface area contributed by atoms with E-state index in [-0.39, 0.29) is 24.8 Å². The molecule has 10 heteroatoms. The molecule has 2 aromatic rings. The Kier molecular flexibility index (Phi) is 6.91. The molecule has 0 amide bonds. The fourth-order valence-electron chi connectivity index (χ4n) is 9.29. The first kappa shape index (κ1) is 30.2. The van der Waals surface area contributed by atoms with Crippen LogP contribution in [0.5, 0.6) is 5.75 Å². The van der Waals surface area contributed by atoms with Crippen LogP contribution in [0.2, 0.25) is 0 Å². The van der Waals surface area contributed by atoms with Crippen LogP contribution in [0.15, 0.2) is 72.3 Å². The molecule has 1 saturated heterocycles. The van der Waals surface area contributed by atoms with E-state index >= 15 is 8.78 Å². The second-order valence-electron chi connectivity index (χ2n) is 13.6. The zero-order chi connectivity index (χ0) is 31.9. The molecule has 4 fully saturated rings. The number of hydrogen-bond donors (Lipinski definition) is 3. The number of anilines is 1. The first-order chi connectivity index (χ1) is 21.4. The van der Waals surface area contributed by atoms with Crippen LogP contribution in [-0.4, -0.2) is 58.0 Å². The van der Waals surface area contributed by atoms with Crippen LogP contribution >= 0.6 is 0 Å². The summed E-state index contributed by atoms with van der Waals surface area (Å²) in [6, 6.07) is 14.4. The Hall–Kier alpha value is -3.44. The first-order valence-electron chi connectivity index (χ1n) is 15.4. The molecule has 2 aromatic carbocycles. The van der Waals surface area contributed by atoms with Crippen LogP contribution in [-0.2, 0) is 25.7 Å². The van der Waals surface area contributed by atoms with E-state index in [2.05, 4.69) is 0 Å². The monoisotopic (exact) mass is 621 g/mol. The molecular weight excluding hydrogens is 584 g/mol. The summed E-state index contributed by atoms with van der Waals surface area (Å²) in [4.78, 5) is 25.8. The van der Waals surface area contributed by atoms with Gasteiger partial charge in [-0.1, -0.05) is 37.3 Å². The highest BCUT2D eigenvalue weighted by Gasteiger charge is 2.80. The highest BCUT2D eigenvalue weighted by molar-refractivity contribution is 6.01. The Morgan fingerprint density at radius 1 is 1.13 bits per heavy atom. The number of aliphatic hydroxyl groups excluding tert-OH is 2. The van der Waals surface area contributed by atoms with E-state index in [9.17, 15) is 19.8 Å². The van der Waals surface area contributed by atoms with Crippen molar-refractivity contribution < 1.29 is 42.8 Å². The third-order valence-electron chi connectivity index (χ3n) is 11.4. The maximum atomic E-state index is 17.5. The number of nitrogen functional groups attached to an aromatic ring is 1. The standard InChI is InChI=1S/C35H37F2NO7/c1-32-11-10-22(40)13-26(32)27(36)14-25-24-15-30-35(29(42)17-39,33(24,2)16-28(41)34(25,32)37)45-31(44-30)20-6-8-23(9-7-20)43-18-19-4-3-5-21(38)12-19/h3-13,24-25,27-28,30-31,39,41H,14-18,38H2,1-2H3/t24-,25-,27-,28-,30+,31+,32-,33-,34-,35+/m0/s1. The number of allylic oxidation sites excluding steroid dienone is 4. The molecule has 4 aliphatic carbocycles. The molecule has 0 aromatic heterocycles. The van der Waals surface area contributed by atoms with Gasteiger partial charge in [-0.15, -0.1) is 0 Å². The maximum Gasteiger partial charge on any atom is 0.193 e. The molecule has 238 valence electrons. The largest absolute Gasteiger partial charge is 0.489 e. The van der Waals surface area contributed by atoms with Crippen LogP contribution in [0.1, 0.15) is 50.5 Å². The fourth-order valence-corrected chi connectivity index (χ4v) is 9.29. The van der Waals surface area contributed by atoms with Gasteiger partial charge in [0.2, 0.25) is 0 Å². The van der Waals surface area contributed by atoms with Gasteiger partial charge in [0.1, 0.15) is 25.1 Å². The van der Waals surface area contributed by atoms with Crippen molar-refractivity contribution in [2.75, 3.05) is 12.3 Å². The van der Waals surface area contributed by atoms with Gasteiger partial charge in [-0.25, -0.2) is 8.78 Å². The van der Waals surface area contributed by atoms with Crippen LogP contribution in [0, 0.1) is 22.7 Å². The first-order valence-corrected chi connectivity index (χ1v) is 15.4. The highest BCUT2D eigenvalue weighted by atomic mass is 19.1. The van der Waals surface area contributed by atoms with Crippen LogP contribution in [0.25, 0.3) is 0 Å². The van der Waals surface area contributed by atoms with Crippen molar-refractivity contribution in [3.8, 4) is 5.75 Å². The van der Waals surface area contributed by atoms with Gasteiger partial charge in [-0.2, -0.15) is 0 Å². The third kappa shape index (κ3) is 4.08. The van der Waals surface area contributed by atoms with E-state index in [1.165, 1.54) is 19.1 Å². The number of fused-ring (bicyclic) bond motifs is 7. The predicted molar refractivity (Wildman–Crippen MR) is 159 cm³/mol. The summed E-state index contributed by atoms with van der Waals surface area (Å²) < 4.78 is 52.1. The molecule has 5 aliphatic rings. The van der Waals surface area contributed by atoms with Crippen LogP contribution in [0.3, 0.4) is 0 Å². The topological polar surface area (TPSA) is 128 Å². The van der Waals surface area contributed by atoms with E-state index < -0.39 is 76.8 Å². The Labute approximate surface area is 259 Å². The molecule has 1 aliphatic heterocycles. The number of halogens is 2. The second kappa shape index (κ2) is 10.3. The van der Waals surface area contributed by atoms with Gasteiger partial charge >= 0.3 is 0 Å². The average Bonchev–Trinajstić information content (AvgIpc) is 3.52. The number of rotatable bonds is 6. The van der Waals surface area contributed by atoms with Crippen molar-refractivity contribution in [1.29, 1.82) is 0 Å². The van der Waals surface area contributed by atoms with E-state index in [0.717, 1.165) is 11.6 Å². The van der Waals surface area contributed by atoms with Crippen LogP contribution < -0.4 is 10.5 Å². The Morgan fingerprint density at radius 2 is 1.89 bits per heavy atom. The van der Waals surface area contributed by atoms with Crippen molar-refractivity contribution in [1.82, 2.24) is 0 Å². The summed E-state index contributed by atoms with van der Waals surface area (Å²) in [6.07, 6.45) is -1.56. The van der Waals surface area contributed by atoms with Gasteiger partial charge in [0.05, 0.1) is 12.2 Å². The molecule has 8 nitrogen and oxygen atoms in total. The van der Waals surface area contributed by atoms with Gasteiger partial charge in [0.15, 0.2) is 29.1 Å². The van der Waals surface area contributed by atoms with E-state index in [0.29, 0.717) is 23.6 Å². The molecule has 7 rings (SSSR count). The number of Topliss-reactive ketones (excluding diaryl/α,β-unsaturated/α-hetero) is 1. The van der Waals surface area contributed by atoms with Crippen LogP contribution in [0.4, 0.5) is 14.5 Å². The molecule has 1 heterocycles. The molecule has 4 N–H and O–H groups in total. The minimum atomic E-state index is -2.30. The third-order valence-corrected chi connectivity index (χ3v) is 11.4. The Morgan fingerprint density at radius 3 is 2.60 bits per heavy atom. The van der Waals surface area contributed by atoms with Crippen molar-refractivity contribution >= 4 is 17.3 Å². The molecule has 0 spiro atoms. The minimum absolute atomic E-state index is 0.0311. The number of carbonyl (C=O) groups excluding carboxylic acids is 2. The average molecular weight is 622 g/mol. The normalized spacial score (nSPS) is 41.5. The SMILES string of the molecule is C[C@]12C=CC(=O)C=C1[C@@H](F)C[C@H]1[C@@H]3C[C@H]4O[C@@H](c5ccc(OCc6cccc(N)c6)cc5)O[C@@]4(C(=O)CO)[C@@]3(C)C[C@H](O)[C@@]12F. The lowest BCUT2D eigenvalue weighted by Gasteiger charge is -2.63. The summed E-state index contributed by atoms with van der Waals surface area (Å²) in [6.45, 7) is 2.77. The number of nitrogens with two attached hydrogens (primary N) is 1. The number of benzene rings is 2. The molecule has 0 unspecified atom stereocenters. The molecule has 0 bridgehead atoms. The van der Waals surface area contributed by atoms with E-state index in [1.807, 2.05) is 18.2 Å². The molecule has 45 heavy (non-hydrogen) atoms. The number of alkyl halides is 2. The summed E-state index contributed by atoms with van der Waals surface area (Å²) in [7, 11) is 0. The van der Waals surface area contributed by atoms with Gasteiger partial charge in [0, 0.05) is 28.0 Å². The molecule has 3 saturated carbocycles. The van der Waals surface area contributed by atoms with E-state index in [1.54, 1.807) is 37.3 Å². The summed E-state index contributed by atoms with van der Waals surface area (Å²) in [5, 5.41) is 21.8. The lowest BCUT2D eigenvalue weighted by molar-refractivity contribution is -0.235. The molecule has 10 atom stereocenters. The number of aliphatic hydroxyl groups is 2. The fraction of sp³-hybridized carbons (Fsp3) is 0.486.